The summed E-state index contributed by atoms with van der Waals surface area (Å²) in [5.41, 5.74) is -0.280. The van der Waals surface area contributed by atoms with Gasteiger partial charge in [0.1, 0.15) is 26.4 Å². The van der Waals surface area contributed by atoms with Crippen LogP contribution in [0.2, 0.25) is 0 Å². The summed E-state index contributed by atoms with van der Waals surface area (Å²) in [7, 11) is 0. The second-order valence-corrected chi connectivity index (χ2v) is 9.50. The van der Waals surface area contributed by atoms with Crippen molar-refractivity contribution in [3.8, 4) is 0 Å². The summed E-state index contributed by atoms with van der Waals surface area (Å²) in [6.45, 7) is 6.69. The van der Waals surface area contributed by atoms with Crippen molar-refractivity contribution in [3.63, 3.8) is 0 Å². The number of rotatable bonds is 12. The molecule has 4 aliphatic rings. The molecule has 4 aliphatic carbocycles. The first kappa shape index (κ1) is 24.0. The van der Waals surface area contributed by atoms with Crippen molar-refractivity contribution in [1.29, 1.82) is 0 Å². The van der Waals surface area contributed by atoms with Gasteiger partial charge in [-0.05, 0) is 61.2 Å². The highest BCUT2D eigenvalue weighted by atomic mass is 16.6. The van der Waals surface area contributed by atoms with Gasteiger partial charge in [-0.15, -0.1) is 0 Å². The number of ether oxygens (including phenoxy) is 4. The highest BCUT2D eigenvalue weighted by Gasteiger charge is 2.58. The highest BCUT2D eigenvalue weighted by Crippen LogP contribution is 2.67. The lowest BCUT2D eigenvalue weighted by atomic mass is 9.43. The average molecular weight is 449 g/mol. The van der Waals surface area contributed by atoms with Crippen LogP contribution in [0.3, 0.4) is 0 Å². The molecular weight excluding hydrogens is 416 g/mol. The summed E-state index contributed by atoms with van der Waals surface area (Å²) in [5, 5.41) is 0. The normalized spacial score (nSPS) is 29.6. The molecule has 0 amide bonds. The predicted octanol–water partition coefficient (Wildman–Crippen LogP) is 2.90. The molecule has 4 bridgehead atoms. The highest BCUT2D eigenvalue weighted by molar-refractivity contribution is 5.81. The Kier molecular flexibility index (Phi) is 7.74. The summed E-state index contributed by atoms with van der Waals surface area (Å²) in [6, 6.07) is 0. The number of carbonyl (C=O) groups is 4. The van der Waals surface area contributed by atoms with E-state index in [2.05, 4.69) is 13.2 Å². The first-order chi connectivity index (χ1) is 15.3. The third kappa shape index (κ3) is 6.20. The SMILES string of the molecule is C=CC(=O)OCCOC(=O)CC12CC3CC(C1)CC(CC(=O)OCCOC(=O)C=C)(C3)C2. The molecule has 0 aromatic carbocycles. The standard InChI is InChI=1S/C24H32O8/c1-3-19(25)29-5-7-31-21(27)14-23-10-17-9-18(11-23)13-24(12-17,16-23)15-22(28)32-8-6-30-20(26)4-2/h3-4,17-18H,1-2,5-16H2. The number of hydrogen-bond acceptors (Lipinski definition) is 8. The van der Waals surface area contributed by atoms with E-state index in [1.165, 1.54) is 0 Å². The van der Waals surface area contributed by atoms with E-state index in [0.717, 1.165) is 50.7 Å². The van der Waals surface area contributed by atoms with Crippen LogP contribution in [-0.2, 0) is 38.1 Å². The lowest BCUT2D eigenvalue weighted by Crippen LogP contribution is -2.53. The molecule has 4 saturated carbocycles. The molecule has 0 radical (unpaired) electrons. The van der Waals surface area contributed by atoms with Crippen molar-refractivity contribution in [3.05, 3.63) is 25.3 Å². The molecular formula is C24H32O8. The van der Waals surface area contributed by atoms with E-state index in [-0.39, 0.29) is 49.2 Å². The zero-order chi connectivity index (χ0) is 23.2. The maximum Gasteiger partial charge on any atom is 0.330 e. The van der Waals surface area contributed by atoms with Gasteiger partial charge < -0.3 is 18.9 Å². The Morgan fingerprint density at radius 2 is 1.06 bits per heavy atom. The minimum atomic E-state index is -0.546. The van der Waals surface area contributed by atoms with Crippen molar-refractivity contribution in [2.75, 3.05) is 26.4 Å². The van der Waals surface area contributed by atoms with Crippen molar-refractivity contribution < 1.29 is 38.1 Å². The summed E-state index contributed by atoms with van der Waals surface area (Å²) < 4.78 is 20.3. The molecule has 0 unspecified atom stereocenters. The summed E-state index contributed by atoms with van der Waals surface area (Å²) >= 11 is 0. The minimum Gasteiger partial charge on any atom is -0.462 e. The monoisotopic (exact) mass is 448 g/mol. The van der Waals surface area contributed by atoms with E-state index in [1.54, 1.807) is 0 Å². The van der Waals surface area contributed by atoms with Gasteiger partial charge >= 0.3 is 23.9 Å². The summed E-state index contributed by atoms with van der Waals surface area (Å²) in [5.74, 6) is -0.644. The smallest absolute Gasteiger partial charge is 0.330 e. The van der Waals surface area contributed by atoms with E-state index >= 15 is 0 Å². The van der Waals surface area contributed by atoms with Crippen molar-refractivity contribution in [2.24, 2.45) is 22.7 Å². The largest absolute Gasteiger partial charge is 0.462 e. The number of carbonyl (C=O) groups excluding carboxylic acids is 4. The molecule has 0 heterocycles. The molecule has 0 atom stereocenters. The van der Waals surface area contributed by atoms with Gasteiger partial charge in [-0.2, -0.15) is 0 Å². The lowest BCUT2D eigenvalue weighted by Gasteiger charge is -2.62. The molecule has 4 rings (SSSR count). The van der Waals surface area contributed by atoms with Crippen molar-refractivity contribution in [1.82, 2.24) is 0 Å². The maximum atomic E-state index is 12.5. The summed E-state index contributed by atoms with van der Waals surface area (Å²) in [4.78, 5) is 47.1. The third-order valence-electron chi connectivity index (χ3n) is 6.86. The van der Waals surface area contributed by atoms with E-state index in [1.807, 2.05) is 0 Å². The predicted molar refractivity (Wildman–Crippen MR) is 113 cm³/mol. The number of esters is 4. The van der Waals surface area contributed by atoms with E-state index in [0.29, 0.717) is 24.7 Å². The van der Waals surface area contributed by atoms with Gasteiger partial charge in [0.2, 0.25) is 0 Å². The maximum absolute atomic E-state index is 12.5. The molecule has 0 aromatic rings. The van der Waals surface area contributed by atoms with Crippen LogP contribution in [0, 0.1) is 22.7 Å². The first-order valence-corrected chi connectivity index (χ1v) is 11.2. The molecule has 8 nitrogen and oxygen atoms in total. The molecule has 0 aromatic heterocycles. The Balaban J connectivity index is 1.50. The van der Waals surface area contributed by atoms with Crippen LogP contribution < -0.4 is 0 Å². The first-order valence-electron chi connectivity index (χ1n) is 11.2. The molecule has 176 valence electrons. The number of hydrogen-bond donors (Lipinski definition) is 0. The fourth-order valence-electron chi connectivity index (χ4n) is 6.49. The quantitative estimate of drug-likeness (QED) is 0.194. The van der Waals surface area contributed by atoms with Gasteiger partial charge in [0.15, 0.2) is 0 Å². The topological polar surface area (TPSA) is 105 Å². The van der Waals surface area contributed by atoms with Gasteiger partial charge in [-0.3, -0.25) is 9.59 Å². The fourth-order valence-corrected chi connectivity index (χ4v) is 6.49. The second kappa shape index (κ2) is 10.3. The van der Waals surface area contributed by atoms with E-state index < -0.39 is 11.9 Å². The zero-order valence-electron chi connectivity index (χ0n) is 18.5. The van der Waals surface area contributed by atoms with Crippen LogP contribution in [0.25, 0.3) is 0 Å². The van der Waals surface area contributed by atoms with Gasteiger partial charge in [-0.25, -0.2) is 9.59 Å². The van der Waals surface area contributed by atoms with Crippen LogP contribution in [0.5, 0.6) is 0 Å². The Labute approximate surface area is 188 Å². The van der Waals surface area contributed by atoms with Gasteiger partial charge in [0.05, 0.1) is 12.8 Å². The van der Waals surface area contributed by atoms with Gasteiger partial charge in [0.25, 0.3) is 0 Å². The Bertz CT molecular complexity index is 696. The van der Waals surface area contributed by atoms with E-state index in [4.69, 9.17) is 18.9 Å². The van der Waals surface area contributed by atoms with Crippen LogP contribution in [-0.4, -0.2) is 50.3 Å². The fraction of sp³-hybridized carbons (Fsp3) is 0.667. The minimum absolute atomic E-state index is 0.00668. The van der Waals surface area contributed by atoms with Crippen LogP contribution >= 0.6 is 0 Å². The second-order valence-electron chi connectivity index (χ2n) is 9.50. The molecule has 0 spiro atoms. The Morgan fingerprint density at radius 1 is 0.688 bits per heavy atom. The molecule has 0 saturated heterocycles. The Morgan fingerprint density at radius 3 is 1.44 bits per heavy atom. The average Bonchev–Trinajstić information content (AvgIpc) is 2.72. The van der Waals surface area contributed by atoms with Crippen LogP contribution in [0.1, 0.15) is 51.4 Å². The van der Waals surface area contributed by atoms with Gasteiger partial charge in [0, 0.05) is 12.2 Å². The van der Waals surface area contributed by atoms with Crippen molar-refractivity contribution in [2.45, 2.75) is 51.4 Å². The zero-order valence-corrected chi connectivity index (χ0v) is 18.5. The molecule has 8 heteroatoms. The van der Waals surface area contributed by atoms with Crippen LogP contribution in [0.4, 0.5) is 0 Å². The third-order valence-corrected chi connectivity index (χ3v) is 6.86. The molecule has 32 heavy (non-hydrogen) atoms. The lowest BCUT2D eigenvalue weighted by molar-refractivity contribution is -0.168. The Hall–Kier alpha value is -2.64. The molecule has 4 fully saturated rings. The summed E-state index contributed by atoms with van der Waals surface area (Å²) in [6.07, 6.45) is 8.68. The van der Waals surface area contributed by atoms with Gasteiger partial charge in [-0.1, -0.05) is 13.2 Å². The molecule has 0 N–H and O–H groups in total. The van der Waals surface area contributed by atoms with Crippen molar-refractivity contribution >= 4 is 23.9 Å². The molecule has 0 aliphatic heterocycles. The van der Waals surface area contributed by atoms with Crippen LogP contribution in [0.15, 0.2) is 25.3 Å². The van der Waals surface area contributed by atoms with E-state index in [9.17, 15) is 19.2 Å².